The molecule has 1 atom stereocenters. The van der Waals surface area contributed by atoms with E-state index >= 15 is 0 Å². The summed E-state index contributed by atoms with van der Waals surface area (Å²) in [5, 5.41) is 2.78. The van der Waals surface area contributed by atoms with Gasteiger partial charge in [0.2, 0.25) is 5.78 Å². The fourth-order valence-electron chi connectivity index (χ4n) is 2.72. The molecule has 0 aliphatic carbocycles. The highest BCUT2D eigenvalue weighted by Gasteiger charge is 2.29. The molecule has 1 unspecified atom stereocenters. The first-order valence-corrected chi connectivity index (χ1v) is 7.72. The number of anilines is 2. The molecule has 1 aromatic carbocycles. The van der Waals surface area contributed by atoms with Crippen LogP contribution >= 0.6 is 0 Å². The molecule has 0 saturated carbocycles. The van der Waals surface area contributed by atoms with E-state index in [1.165, 1.54) is 4.90 Å². The molecule has 4 rings (SSSR count). The standard InChI is InChI=1S/C17H15N5O3/c1-10-16(24)21(2)13-8-11(4-5-14(13)25-10)19-15(23)12-9-22-7-3-6-18-17(22)20-12/h3-10H,1-2H3,(H,19,23). The van der Waals surface area contributed by atoms with E-state index in [2.05, 4.69) is 15.3 Å². The summed E-state index contributed by atoms with van der Waals surface area (Å²) in [4.78, 5) is 34.3. The number of amides is 2. The van der Waals surface area contributed by atoms with Crippen LogP contribution in [0.2, 0.25) is 0 Å². The van der Waals surface area contributed by atoms with Crippen LogP contribution in [0.1, 0.15) is 17.4 Å². The SMILES string of the molecule is CC1Oc2ccc(NC(=O)c3cn4cccnc4n3)cc2N(C)C1=O. The van der Waals surface area contributed by atoms with Crippen molar-refractivity contribution in [2.45, 2.75) is 13.0 Å². The molecule has 8 nitrogen and oxygen atoms in total. The molecule has 3 aromatic rings. The van der Waals surface area contributed by atoms with Crippen LogP contribution in [0.25, 0.3) is 5.78 Å². The largest absolute Gasteiger partial charge is 0.479 e. The summed E-state index contributed by atoms with van der Waals surface area (Å²) in [7, 11) is 1.68. The van der Waals surface area contributed by atoms with Crippen molar-refractivity contribution in [3.05, 3.63) is 48.5 Å². The van der Waals surface area contributed by atoms with E-state index in [4.69, 9.17) is 4.74 Å². The number of carbonyl (C=O) groups is 2. The maximum atomic E-state index is 12.4. The van der Waals surface area contributed by atoms with E-state index in [1.54, 1.807) is 61.2 Å². The van der Waals surface area contributed by atoms with E-state index in [1.807, 2.05) is 0 Å². The van der Waals surface area contributed by atoms with E-state index in [-0.39, 0.29) is 17.5 Å². The van der Waals surface area contributed by atoms with Crippen LogP contribution in [0.4, 0.5) is 11.4 Å². The second kappa shape index (κ2) is 5.59. The third-order valence-corrected chi connectivity index (χ3v) is 4.03. The summed E-state index contributed by atoms with van der Waals surface area (Å²) in [6.07, 6.45) is 4.46. The first-order chi connectivity index (χ1) is 12.0. The predicted molar refractivity (Wildman–Crippen MR) is 90.9 cm³/mol. The van der Waals surface area contributed by atoms with Gasteiger partial charge in [-0.1, -0.05) is 0 Å². The first-order valence-electron chi connectivity index (χ1n) is 7.72. The van der Waals surface area contributed by atoms with Crippen molar-refractivity contribution in [2.24, 2.45) is 0 Å². The van der Waals surface area contributed by atoms with Gasteiger partial charge in [0, 0.05) is 31.3 Å². The summed E-state index contributed by atoms with van der Waals surface area (Å²) in [5.74, 6) is 0.558. The number of hydrogen-bond donors (Lipinski definition) is 1. The highest BCUT2D eigenvalue weighted by molar-refractivity contribution is 6.04. The lowest BCUT2D eigenvalue weighted by molar-refractivity contribution is -0.125. The second-order valence-corrected chi connectivity index (χ2v) is 5.75. The molecule has 0 radical (unpaired) electrons. The van der Waals surface area contributed by atoms with Crippen molar-refractivity contribution >= 4 is 29.0 Å². The molecule has 1 aliphatic heterocycles. The lowest BCUT2D eigenvalue weighted by atomic mass is 10.2. The lowest BCUT2D eigenvalue weighted by Gasteiger charge is -2.30. The number of nitrogens with zero attached hydrogens (tertiary/aromatic N) is 4. The minimum absolute atomic E-state index is 0.137. The number of likely N-dealkylation sites (N-methyl/N-ethyl adjacent to an activating group) is 1. The summed E-state index contributed by atoms with van der Waals surface area (Å²) >= 11 is 0. The number of fused-ring (bicyclic) bond motifs is 2. The minimum atomic E-state index is -0.525. The lowest BCUT2D eigenvalue weighted by Crippen LogP contribution is -2.41. The second-order valence-electron chi connectivity index (χ2n) is 5.75. The van der Waals surface area contributed by atoms with Gasteiger partial charge < -0.3 is 15.0 Å². The molecule has 1 aliphatic rings. The minimum Gasteiger partial charge on any atom is -0.479 e. The molecule has 0 fully saturated rings. The number of ether oxygens (including phenoxy) is 1. The van der Waals surface area contributed by atoms with Crippen molar-refractivity contribution in [1.29, 1.82) is 0 Å². The Morgan fingerprint density at radius 2 is 2.20 bits per heavy atom. The number of benzene rings is 1. The third-order valence-electron chi connectivity index (χ3n) is 4.03. The van der Waals surface area contributed by atoms with Crippen LogP contribution in [0.5, 0.6) is 5.75 Å². The molecule has 25 heavy (non-hydrogen) atoms. The van der Waals surface area contributed by atoms with Crippen LogP contribution < -0.4 is 15.0 Å². The summed E-state index contributed by atoms with van der Waals surface area (Å²) in [6, 6.07) is 6.91. The fraction of sp³-hybridized carbons (Fsp3) is 0.176. The smallest absolute Gasteiger partial charge is 0.275 e. The highest BCUT2D eigenvalue weighted by atomic mass is 16.5. The Bertz CT molecular complexity index is 964. The Morgan fingerprint density at radius 1 is 1.36 bits per heavy atom. The fourth-order valence-corrected chi connectivity index (χ4v) is 2.72. The molecule has 2 aromatic heterocycles. The first kappa shape index (κ1) is 15.1. The van der Waals surface area contributed by atoms with Crippen molar-refractivity contribution < 1.29 is 14.3 Å². The Balaban J connectivity index is 1.61. The van der Waals surface area contributed by atoms with Gasteiger partial charge in [0.05, 0.1) is 5.69 Å². The third kappa shape index (κ3) is 2.57. The van der Waals surface area contributed by atoms with Gasteiger partial charge in [0.15, 0.2) is 6.10 Å². The van der Waals surface area contributed by atoms with Crippen LogP contribution in [0, 0.1) is 0 Å². The van der Waals surface area contributed by atoms with Gasteiger partial charge in [0.1, 0.15) is 11.4 Å². The van der Waals surface area contributed by atoms with Crippen LogP contribution in [-0.4, -0.2) is 39.3 Å². The van der Waals surface area contributed by atoms with Crippen molar-refractivity contribution in [3.8, 4) is 5.75 Å². The highest BCUT2D eigenvalue weighted by Crippen LogP contribution is 2.35. The van der Waals surface area contributed by atoms with Gasteiger partial charge >= 0.3 is 0 Å². The molecule has 3 heterocycles. The summed E-state index contributed by atoms with van der Waals surface area (Å²) < 4.78 is 7.24. The van der Waals surface area contributed by atoms with Gasteiger partial charge in [-0.3, -0.25) is 14.0 Å². The predicted octanol–water partition coefficient (Wildman–Crippen LogP) is 1.73. The zero-order valence-corrected chi connectivity index (χ0v) is 13.6. The van der Waals surface area contributed by atoms with Gasteiger partial charge in [-0.25, -0.2) is 9.97 Å². The van der Waals surface area contributed by atoms with Crippen molar-refractivity contribution in [3.63, 3.8) is 0 Å². The Hall–Kier alpha value is -3.42. The van der Waals surface area contributed by atoms with Crippen molar-refractivity contribution in [1.82, 2.24) is 14.4 Å². The zero-order valence-electron chi connectivity index (χ0n) is 13.6. The van der Waals surface area contributed by atoms with Crippen LogP contribution in [0.15, 0.2) is 42.9 Å². The van der Waals surface area contributed by atoms with E-state index in [0.717, 1.165) is 0 Å². The zero-order chi connectivity index (χ0) is 17.6. The van der Waals surface area contributed by atoms with Gasteiger partial charge in [0.25, 0.3) is 11.8 Å². The maximum absolute atomic E-state index is 12.4. The van der Waals surface area contributed by atoms with Gasteiger partial charge in [-0.2, -0.15) is 0 Å². The average molecular weight is 337 g/mol. The molecule has 0 spiro atoms. The maximum Gasteiger partial charge on any atom is 0.275 e. The molecule has 126 valence electrons. The molecule has 0 saturated heterocycles. The Kier molecular flexibility index (Phi) is 3.38. The molecule has 2 amide bonds. The molecular formula is C17H15N5O3. The molecule has 8 heteroatoms. The Morgan fingerprint density at radius 3 is 3.00 bits per heavy atom. The molecule has 0 bridgehead atoms. The summed E-state index contributed by atoms with van der Waals surface area (Å²) in [5.41, 5.74) is 1.41. The number of imidazole rings is 1. The molecule has 1 N–H and O–H groups in total. The topological polar surface area (TPSA) is 88.8 Å². The number of carbonyl (C=O) groups excluding carboxylic acids is 2. The monoisotopic (exact) mass is 337 g/mol. The normalized spacial score (nSPS) is 16.5. The Labute approximate surface area is 143 Å². The van der Waals surface area contributed by atoms with Gasteiger partial charge in [-0.15, -0.1) is 0 Å². The number of rotatable bonds is 2. The van der Waals surface area contributed by atoms with Crippen molar-refractivity contribution in [2.75, 3.05) is 17.3 Å². The quantitative estimate of drug-likeness (QED) is 0.769. The number of nitrogens with one attached hydrogen (secondary N) is 1. The van der Waals surface area contributed by atoms with Gasteiger partial charge in [-0.05, 0) is 31.2 Å². The van der Waals surface area contributed by atoms with E-state index in [9.17, 15) is 9.59 Å². The number of aromatic nitrogens is 3. The van der Waals surface area contributed by atoms with Crippen LogP contribution in [-0.2, 0) is 4.79 Å². The molecular weight excluding hydrogens is 322 g/mol. The van der Waals surface area contributed by atoms with E-state index < -0.39 is 6.10 Å². The van der Waals surface area contributed by atoms with Crippen LogP contribution in [0.3, 0.4) is 0 Å². The van der Waals surface area contributed by atoms with E-state index in [0.29, 0.717) is 22.9 Å². The number of hydrogen-bond acceptors (Lipinski definition) is 5. The summed E-state index contributed by atoms with van der Waals surface area (Å²) in [6.45, 7) is 1.70. The average Bonchev–Trinajstić information content (AvgIpc) is 3.05.